The van der Waals surface area contributed by atoms with E-state index in [1.807, 2.05) is 0 Å². The van der Waals surface area contributed by atoms with Crippen molar-refractivity contribution in [2.75, 3.05) is 26.4 Å². The van der Waals surface area contributed by atoms with E-state index in [-0.39, 0.29) is 32.6 Å². The highest BCUT2D eigenvalue weighted by molar-refractivity contribution is 7.47. The van der Waals surface area contributed by atoms with Gasteiger partial charge in [-0.05, 0) is 116 Å². The number of carbonyl (C=O) groups is 2. The van der Waals surface area contributed by atoms with Crippen LogP contribution in [0, 0.1) is 0 Å². The number of phosphoric ester groups is 1. The van der Waals surface area contributed by atoms with Gasteiger partial charge in [0.2, 0.25) is 0 Å². The van der Waals surface area contributed by atoms with Crippen LogP contribution in [0.25, 0.3) is 0 Å². The van der Waals surface area contributed by atoms with Crippen LogP contribution in [0.1, 0.15) is 155 Å². The number of unbranched alkanes of at least 4 members (excludes halogenated alkanes) is 6. The average Bonchev–Trinajstić information content (AvgIpc) is 3.30. The topological polar surface area (TPSA) is 134 Å². The maximum Gasteiger partial charge on any atom is 0.472 e. The maximum absolute atomic E-state index is 12.6. The monoisotopic (exact) mass is 920 g/mol. The summed E-state index contributed by atoms with van der Waals surface area (Å²) in [7, 11) is -4.41. The Morgan fingerprint density at radius 3 is 1.20 bits per heavy atom. The van der Waals surface area contributed by atoms with E-state index in [9.17, 15) is 19.0 Å². The summed E-state index contributed by atoms with van der Waals surface area (Å²) in [6.45, 7) is 3.39. The summed E-state index contributed by atoms with van der Waals surface area (Å²) in [6.07, 6.45) is 70.3. The first-order valence-corrected chi connectivity index (χ1v) is 25.8. The number of hydrogen-bond donors (Lipinski definition) is 2. The molecule has 0 aromatic heterocycles. The van der Waals surface area contributed by atoms with Gasteiger partial charge in [-0.1, -0.05) is 173 Å². The van der Waals surface area contributed by atoms with Crippen molar-refractivity contribution < 1.29 is 37.6 Å². The third-order valence-electron chi connectivity index (χ3n) is 9.22. The molecule has 0 spiro atoms. The Kier molecular flexibility index (Phi) is 46.2. The molecule has 0 aliphatic carbocycles. The second-order valence-electron chi connectivity index (χ2n) is 15.2. The van der Waals surface area contributed by atoms with E-state index in [0.29, 0.717) is 12.8 Å². The molecule has 3 N–H and O–H groups in total. The van der Waals surface area contributed by atoms with Gasteiger partial charge in [-0.3, -0.25) is 18.6 Å². The van der Waals surface area contributed by atoms with Crippen LogP contribution in [0.5, 0.6) is 0 Å². The molecule has 0 bridgehead atoms. The van der Waals surface area contributed by atoms with Crippen LogP contribution in [0.15, 0.2) is 146 Å². The van der Waals surface area contributed by atoms with E-state index in [0.717, 1.165) is 116 Å². The highest BCUT2D eigenvalue weighted by Gasteiger charge is 2.26. The Bertz CT molecular complexity index is 1560. The van der Waals surface area contributed by atoms with Crippen molar-refractivity contribution in [2.45, 2.75) is 161 Å². The molecular formula is C55H86NO8P. The fourth-order valence-electron chi connectivity index (χ4n) is 5.70. The van der Waals surface area contributed by atoms with Gasteiger partial charge in [0.15, 0.2) is 6.10 Å². The highest BCUT2D eigenvalue weighted by atomic mass is 31.2. The van der Waals surface area contributed by atoms with E-state index >= 15 is 0 Å². The molecule has 2 atom stereocenters. The van der Waals surface area contributed by atoms with Crippen molar-refractivity contribution in [2.24, 2.45) is 5.73 Å². The third-order valence-corrected chi connectivity index (χ3v) is 10.2. The van der Waals surface area contributed by atoms with E-state index in [1.165, 1.54) is 0 Å². The summed E-state index contributed by atoms with van der Waals surface area (Å²) in [5, 5.41) is 0. The molecular weight excluding hydrogens is 834 g/mol. The minimum absolute atomic E-state index is 0.0331. The summed E-state index contributed by atoms with van der Waals surface area (Å²) < 4.78 is 32.8. The van der Waals surface area contributed by atoms with Crippen molar-refractivity contribution in [3.63, 3.8) is 0 Å². The van der Waals surface area contributed by atoms with Crippen molar-refractivity contribution in [1.29, 1.82) is 0 Å². The van der Waals surface area contributed by atoms with Gasteiger partial charge in [-0.2, -0.15) is 0 Å². The average molecular weight is 920 g/mol. The normalized spacial score (nSPS) is 14.5. The zero-order chi connectivity index (χ0) is 47.4. The van der Waals surface area contributed by atoms with Crippen LogP contribution in [0.3, 0.4) is 0 Å². The van der Waals surface area contributed by atoms with E-state index in [1.54, 1.807) is 0 Å². The molecule has 65 heavy (non-hydrogen) atoms. The molecule has 0 amide bonds. The molecule has 0 aromatic rings. The van der Waals surface area contributed by atoms with Gasteiger partial charge in [-0.25, -0.2) is 4.57 Å². The Labute approximate surface area is 395 Å². The van der Waals surface area contributed by atoms with Gasteiger partial charge in [-0.15, -0.1) is 0 Å². The fraction of sp³-hybridized carbons (Fsp3) is 0.527. The minimum atomic E-state index is -4.41. The largest absolute Gasteiger partial charge is 0.472 e. The van der Waals surface area contributed by atoms with Gasteiger partial charge in [0.05, 0.1) is 13.2 Å². The molecule has 0 aliphatic heterocycles. The summed E-state index contributed by atoms with van der Waals surface area (Å²) in [5.74, 6) is -0.924. The lowest BCUT2D eigenvalue weighted by atomic mass is 10.1. The first-order chi connectivity index (χ1) is 31.8. The molecule has 0 rings (SSSR count). The van der Waals surface area contributed by atoms with E-state index in [4.69, 9.17) is 24.3 Å². The highest BCUT2D eigenvalue weighted by Crippen LogP contribution is 2.43. The lowest BCUT2D eigenvalue weighted by Gasteiger charge is -2.19. The quantitative estimate of drug-likeness (QED) is 0.0265. The van der Waals surface area contributed by atoms with Gasteiger partial charge in [0.1, 0.15) is 6.61 Å². The Hall–Kier alpha value is -4.11. The molecule has 0 saturated carbocycles. The smallest absolute Gasteiger partial charge is 0.462 e. The number of phosphoric acid groups is 1. The number of carbonyl (C=O) groups excluding carboxylic acids is 2. The zero-order valence-electron chi connectivity index (χ0n) is 40.1. The molecule has 0 heterocycles. The lowest BCUT2D eigenvalue weighted by Crippen LogP contribution is -2.29. The molecule has 0 aliphatic rings. The Morgan fingerprint density at radius 1 is 0.462 bits per heavy atom. The summed E-state index contributed by atoms with van der Waals surface area (Å²) in [4.78, 5) is 35.0. The molecule has 2 unspecified atom stereocenters. The van der Waals surface area contributed by atoms with Crippen molar-refractivity contribution in [3.05, 3.63) is 146 Å². The molecule has 0 saturated heterocycles. The zero-order valence-corrected chi connectivity index (χ0v) is 41.0. The van der Waals surface area contributed by atoms with Crippen LogP contribution in [0.4, 0.5) is 0 Å². The fourth-order valence-corrected chi connectivity index (χ4v) is 6.46. The van der Waals surface area contributed by atoms with Gasteiger partial charge in [0, 0.05) is 19.4 Å². The number of rotatable bonds is 43. The molecule has 0 radical (unpaired) electrons. The van der Waals surface area contributed by atoms with Crippen LogP contribution in [0.2, 0.25) is 0 Å². The first kappa shape index (κ1) is 60.9. The second-order valence-corrected chi connectivity index (χ2v) is 16.7. The van der Waals surface area contributed by atoms with Crippen molar-refractivity contribution in [1.82, 2.24) is 0 Å². The van der Waals surface area contributed by atoms with Crippen molar-refractivity contribution >= 4 is 19.8 Å². The van der Waals surface area contributed by atoms with Crippen LogP contribution < -0.4 is 5.73 Å². The number of esters is 2. The van der Waals surface area contributed by atoms with E-state index in [2.05, 4.69) is 160 Å². The van der Waals surface area contributed by atoms with Gasteiger partial charge >= 0.3 is 19.8 Å². The SMILES string of the molecule is CC/C=C\C/C=C\C/C=C\C/C=C\C/C=C\C/C=C\C/C=C\C/C=C\CCCCC(=O)OC(COC(=O)CCCCCC/C=C\C/C=C\C/C=C\C/C=C\CC)COP(=O)(O)OCCN. The Balaban J connectivity index is 4.26. The van der Waals surface area contributed by atoms with E-state index < -0.39 is 32.5 Å². The number of ether oxygens (including phenoxy) is 2. The van der Waals surface area contributed by atoms with Gasteiger partial charge in [0.25, 0.3) is 0 Å². The molecule has 0 aromatic carbocycles. The predicted molar refractivity (Wildman–Crippen MR) is 274 cm³/mol. The van der Waals surface area contributed by atoms with Gasteiger partial charge < -0.3 is 20.1 Å². The number of hydrogen-bond acceptors (Lipinski definition) is 8. The Morgan fingerprint density at radius 2 is 0.800 bits per heavy atom. The maximum atomic E-state index is 12.6. The standard InChI is InChI=1S/C55H86NO8P/c1-3-5-7-9-11-13-15-17-19-21-22-23-24-25-26-27-28-29-30-32-34-36-38-40-42-44-46-48-55(58)64-53(52-63-65(59,60)62-50-49-56)51-61-54(57)47-45-43-41-39-37-35-33-31-20-18-16-14-12-10-8-6-4-2/h5-8,11-14,17-20,22-23,25-26,28-29,32-35,38,40,53H,3-4,9-10,15-16,21,24,27,30-31,36-37,39,41-52,56H2,1-2H3,(H,59,60)/b7-5-,8-6-,13-11-,14-12-,19-17-,20-18-,23-22-,26-25-,29-28-,34-32-,35-33-,40-38-. The molecule has 364 valence electrons. The first-order valence-electron chi connectivity index (χ1n) is 24.3. The van der Waals surface area contributed by atoms with Crippen molar-refractivity contribution in [3.8, 4) is 0 Å². The second kappa shape index (κ2) is 49.3. The summed E-state index contributed by atoms with van der Waals surface area (Å²) in [5.41, 5.74) is 5.35. The molecule has 10 heteroatoms. The summed E-state index contributed by atoms with van der Waals surface area (Å²) >= 11 is 0. The minimum Gasteiger partial charge on any atom is -0.462 e. The predicted octanol–water partition coefficient (Wildman–Crippen LogP) is 14.8. The molecule has 9 nitrogen and oxygen atoms in total. The molecule has 0 fully saturated rings. The summed E-state index contributed by atoms with van der Waals surface area (Å²) in [6, 6.07) is 0. The number of allylic oxidation sites excluding steroid dienone is 24. The third kappa shape index (κ3) is 49.2. The van der Waals surface area contributed by atoms with Crippen LogP contribution >= 0.6 is 7.82 Å². The lowest BCUT2D eigenvalue weighted by molar-refractivity contribution is -0.161. The number of nitrogens with two attached hydrogens (primary N) is 1. The van der Waals surface area contributed by atoms with Crippen LogP contribution in [-0.4, -0.2) is 49.3 Å². The van der Waals surface area contributed by atoms with Crippen LogP contribution in [-0.2, 0) is 32.7 Å².